The molecule has 29 heavy (non-hydrogen) atoms. The molecule has 1 aromatic carbocycles. The topological polar surface area (TPSA) is 70.0 Å². The number of carboxylic acid groups (broad SMARTS) is 1. The molecule has 1 aliphatic rings. The summed E-state index contributed by atoms with van der Waals surface area (Å²) in [6.07, 6.45) is -5.32. The van der Waals surface area contributed by atoms with Gasteiger partial charge < -0.3 is 19.5 Å². The van der Waals surface area contributed by atoms with Crippen LogP contribution < -0.4 is 0 Å². The lowest BCUT2D eigenvalue weighted by atomic mass is 9.81. The van der Waals surface area contributed by atoms with Crippen molar-refractivity contribution in [2.24, 2.45) is 0 Å². The number of likely N-dealkylation sites (tertiary alicyclic amines) is 1. The number of alkyl halides is 3. The second-order valence-corrected chi connectivity index (χ2v) is 14.0. The van der Waals surface area contributed by atoms with Crippen molar-refractivity contribution in [1.29, 1.82) is 0 Å². The molecule has 0 radical (unpaired) electrons. The van der Waals surface area contributed by atoms with Crippen molar-refractivity contribution in [3.05, 3.63) is 34.9 Å². The minimum Gasteiger partial charge on any atom is -0.465 e. The molecule has 0 aromatic heterocycles. The van der Waals surface area contributed by atoms with Gasteiger partial charge in [-0.3, -0.25) is 0 Å². The summed E-state index contributed by atoms with van der Waals surface area (Å²) in [5, 5.41) is 20.2. The Hall–Kier alpha value is -1.58. The Kier molecular flexibility index (Phi) is 6.47. The minimum atomic E-state index is -4.50. The van der Waals surface area contributed by atoms with Gasteiger partial charge in [-0.1, -0.05) is 26.8 Å². The highest BCUT2D eigenvalue weighted by Crippen LogP contribution is 2.41. The standard InChI is InChI=1S/C20H30F3NO4Si/c1-18(2,3)29(4,5)28-13-14-12-15(20(21,22)23)6-7-16(14)19(27)8-10-24(11-9-19)17(25)26/h6-7,12,27H,8-11,13H2,1-5H3,(H,25,26). The maximum atomic E-state index is 13.3. The maximum Gasteiger partial charge on any atom is 0.416 e. The van der Waals surface area contributed by atoms with Gasteiger partial charge in [0.25, 0.3) is 0 Å². The van der Waals surface area contributed by atoms with E-state index in [1.807, 2.05) is 33.9 Å². The molecular weight excluding hydrogens is 403 g/mol. The van der Waals surface area contributed by atoms with E-state index in [1.54, 1.807) is 0 Å². The number of piperidine rings is 1. The summed E-state index contributed by atoms with van der Waals surface area (Å²) in [4.78, 5) is 12.3. The molecule has 1 amide bonds. The van der Waals surface area contributed by atoms with E-state index in [2.05, 4.69) is 0 Å². The molecule has 0 atom stereocenters. The first-order valence-electron chi connectivity index (χ1n) is 9.62. The molecule has 1 saturated heterocycles. The van der Waals surface area contributed by atoms with Crippen LogP contribution in [0.15, 0.2) is 18.2 Å². The predicted molar refractivity (Wildman–Crippen MR) is 106 cm³/mol. The van der Waals surface area contributed by atoms with Crippen LogP contribution in [0.4, 0.5) is 18.0 Å². The molecule has 0 aliphatic carbocycles. The number of rotatable bonds is 4. The fourth-order valence-corrected chi connectivity index (χ4v) is 4.10. The molecule has 2 N–H and O–H groups in total. The van der Waals surface area contributed by atoms with E-state index in [0.29, 0.717) is 11.1 Å². The Morgan fingerprint density at radius 2 is 1.76 bits per heavy atom. The van der Waals surface area contributed by atoms with Crippen LogP contribution in [0, 0.1) is 0 Å². The first-order valence-corrected chi connectivity index (χ1v) is 12.5. The van der Waals surface area contributed by atoms with Gasteiger partial charge in [-0.2, -0.15) is 13.2 Å². The van der Waals surface area contributed by atoms with Crippen LogP contribution in [0.3, 0.4) is 0 Å². The third-order valence-electron chi connectivity index (χ3n) is 6.19. The number of aliphatic hydroxyl groups is 1. The summed E-state index contributed by atoms with van der Waals surface area (Å²) >= 11 is 0. The number of benzene rings is 1. The van der Waals surface area contributed by atoms with Crippen molar-refractivity contribution in [2.75, 3.05) is 13.1 Å². The molecule has 0 bridgehead atoms. The molecule has 5 nitrogen and oxygen atoms in total. The molecule has 0 spiro atoms. The highest BCUT2D eigenvalue weighted by atomic mass is 28.4. The van der Waals surface area contributed by atoms with Gasteiger partial charge in [0, 0.05) is 13.1 Å². The van der Waals surface area contributed by atoms with Gasteiger partial charge in [0.15, 0.2) is 8.32 Å². The first kappa shape index (κ1) is 23.7. The van der Waals surface area contributed by atoms with Crippen LogP contribution in [-0.4, -0.2) is 42.6 Å². The number of hydrogen-bond donors (Lipinski definition) is 2. The van der Waals surface area contributed by atoms with E-state index in [9.17, 15) is 23.1 Å². The Balaban J connectivity index is 2.38. The number of carbonyl (C=O) groups is 1. The van der Waals surface area contributed by atoms with Gasteiger partial charge in [0.05, 0.1) is 17.8 Å². The molecular formula is C20H30F3NO4Si. The van der Waals surface area contributed by atoms with Crippen LogP contribution in [0.1, 0.15) is 50.3 Å². The maximum absolute atomic E-state index is 13.3. The Labute approximate surface area is 170 Å². The van der Waals surface area contributed by atoms with E-state index in [1.165, 1.54) is 11.0 Å². The summed E-state index contributed by atoms with van der Waals surface area (Å²) in [6, 6.07) is 3.32. The van der Waals surface area contributed by atoms with Gasteiger partial charge in [-0.15, -0.1) is 0 Å². The zero-order valence-electron chi connectivity index (χ0n) is 17.6. The number of hydrogen-bond acceptors (Lipinski definition) is 3. The smallest absolute Gasteiger partial charge is 0.416 e. The van der Waals surface area contributed by atoms with Crippen LogP contribution >= 0.6 is 0 Å². The van der Waals surface area contributed by atoms with Gasteiger partial charge in [-0.25, -0.2) is 4.79 Å². The third-order valence-corrected chi connectivity index (χ3v) is 10.7. The van der Waals surface area contributed by atoms with Crippen LogP contribution in [-0.2, 0) is 22.8 Å². The SMILES string of the molecule is CC(C)(C)[Si](C)(C)OCc1cc(C(F)(F)F)ccc1C1(O)CCN(C(=O)O)CC1. The lowest BCUT2D eigenvalue weighted by Gasteiger charge is -2.39. The zero-order valence-corrected chi connectivity index (χ0v) is 18.6. The number of nitrogens with zero attached hydrogens (tertiary/aromatic N) is 1. The Morgan fingerprint density at radius 1 is 1.21 bits per heavy atom. The average molecular weight is 434 g/mol. The molecule has 2 rings (SSSR count). The van der Waals surface area contributed by atoms with E-state index >= 15 is 0 Å². The van der Waals surface area contributed by atoms with Crippen LogP contribution in [0.5, 0.6) is 0 Å². The molecule has 1 heterocycles. The van der Waals surface area contributed by atoms with Crippen LogP contribution in [0.2, 0.25) is 18.1 Å². The second-order valence-electron chi connectivity index (χ2n) is 9.22. The lowest BCUT2D eigenvalue weighted by molar-refractivity contribution is -0.137. The van der Waals surface area contributed by atoms with Crippen molar-refractivity contribution < 1.29 is 32.6 Å². The van der Waals surface area contributed by atoms with E-state index in [4.69, 9.17) is 9.53 Å². The molecule has 164 valence electrons. The lowest BCUT2D eigenvalue weighted by Crippen LogP contribution is -2.45. The van der Waals surface area contributed by atoms with Gasteiger partial charge >= 0.3 is 12.3 Å². The largest absolute Gasteiger partial charge is 0.465 e. The summed E-state index contributed by atoms with van der Waals surface area (Å²) in [7, 11) is -2.22. The fraction of sp³-hybridized carbons (Fsp3) is 0.650. The third kappa shape index (κ3) is 5.32. The quantitative estimate of drug-likeness (QED) is 0.641. The molecule has 1 aromatic rings. The highest BCUT2D eigenvalue weighted by Gasteiger charge is 2.41. The molecule has 1 fully saturated rings. The van der Waals surface area contributed by atoms with Crippen molar-refractivity contribution in [1.82, 2.24) is 4.90 Å². The fourth-order valence-electron chi connectivity index (χ4n) is 3.16. The highest BCUT2D eigenvalue weighted by molar-refractivity contribution is 6.74. The Morgan fingerprint density at radius 3 is 2.21 bits per heavy atom. The normalized spacial score (nSPS) is 18.0. The summed E-state index contributed by atoms with van der Waals surface area (Å²) in [5.41, 5.74) is -1.49. The average Bonchev–Trinajstić information content (AvgIpc) is 2.58. The molecule has 0 unspecified atom stereocenters. The monoisotopic (exact) mass is 433 g/mol. The first-order chi connectivity index (χ1) is 13.1. The van der Waals surface area contributed by atoms with Gasteiger partial charge in [-0.05, 0) is 54.2 Å². The summed E-state index contributed by atoms with van der Waals surface area (Å²) < 4.78 is 46.0. The van der Waals surface area contributed by atoms with Gasteiger partial charge in [0.1, 0.15) is 0 Å². The molecule has 1 aliphatic heterocycles. The van der Waals surface area contributed by atoms with Crippen molar-refractivity contribution in [2.45, 2.75) is 70.1 Å². The predicted octanol–water partition coefficient (Wildman–Crippen LogP) is 5.19. The van der Waals surface area contributed by atoms with Gasteiger partial charge in [0.2, 0.25) is 0 Å². The van der Waals surface area contributed by atoms with E-state index < -0.39 is 31.8 Å². The second kappa shape index (κ2) is 7.92. The van der Waals surface area contributed by atoms with Crippen molar-refractivity contribution in [3.8, 4) is 0 Å². The minimum absolute atomic E-state index is 0.0271. The van der Waals surface area contributed by atoms with Crippen LogP contribution in [0.25, 0.3) is 0 Å². The Bertz CT molecular complexity index is 751. The summed E-state index contributed by atoms with van der Waals surface area (Å²) in [5.74, 6) is 0. The molecule has 0 saturated carbocycles. The van der Waals surface area contributed by atoms with Crippen molar-refractivity contribution >= 4 is 14.4 Å². The van der Waals surface area contributed by atoms with E-state index in [0.717, 1.165) is 12.1 Å². The summed E-state index contributed by atoms with van der Waals surface area (Å²) in [6.45, 7) is 10.4. The number of halogens is 3. The van der Waals surface area contributed by atoms with Crippen molar-refractivity contribution in [3.63, 3.8) is 0 Å². The van der Waals surface area contributed by atoms with E-state index in [-0.39, 0.29) is 37.6 Å². The number of amides is 1. The molecule has 9 heteroatoms. The zero-order chi connectivity index (χ0) is 22.3.